The van der Waals surface area contributed by atoms with Gasteiger partial charge in [0.05, 0.1) is 6.33 Å². The predicted octanol–water partition coefficient (Wildman–Crippen LogP) is 4.11. The molecule has 0 aliphatic carbocycles. The Hall–Kier alpha value is -3.06. The number of imidazole rings is 1. The van der Waals surface area contributed by atoms with Crippen molar-refractivity contribution >= 4 is 23.6 Å². The zero-order chi connectivity index (χ0) is 21.2. The summed E-state index contributed by atoms with van der Waals surface area (Å²) in [6.45, 7) is 3.43. The van der Waals surface area contributed by atoms with Crippen molar-refractivity contribution in [3.63, 3.8) is 0 Å². The summed E-state index contributed by atoms with van der Waals surface area (Å²) in [7, 11) is 0. The van der Waals surface area contributed by atoms with Gasteiger partial charge >= 0.3 is 0 Å². The molecule has 2 aromatic carbocycles. The van der Waals surface area contributed by atoms with Gasteiger partial charge in [-0.05, 0) is 44.0 Å². The lowest BCUT2D eigenvalue weighted by Gasteiger charge is -2.25. The molecule has 0 aliphatic rings. The molecule has 0 aliphatic heterocycles. The Balaban J connectivity index is 1.56. The standard InChI is InChI=1S/C23H27N5OS/c1-18-9-11-21(12-10-18)30-15-14-28(13-5-8-20-16-25-17-26-20)23(24)27-22(29)19-6-3-2-4-7-19/h2-4,6-7,9-12,16-17H,5,8,13-15H2,1H3,(H,25,26)(H2,24,27,29). The Morgan fingerprint density at radius 2 is 1.90 bits per heavy atom. The van der Waals surface area contributed by atoms with Crippen molar-refractivity contribution in [3.05, 3.63) is 83.9 Å². The van der Waals surface area contributed by atoms with E-state index in [1.807, 2.05) is 29.3 Å². The molecule has 1 aromatic heterocycles. The minimum atomic E-state index is -0.259. The topological polar surface area (TPSA) is 84.9 Å². The molecule has 0 fully saturated rings. The molecule has 6 nitrogen and oxygen atoms in total. The van der Waals surface area contributed by atoms with Gasteiger partial charge in [-0.3, -0.25) is 15.5 Å². The average Bonchev–Trinajstić information content (AvgIpc) is 3.28. The maximum atomic E-state index is 12.5. The molecule has 3 aromatic rings. The van der Waals surface area contributed by atoms with Crippen LogP contribution in [0.15, 0.2) is 72.0 Å². The van der Waals surface area contributed by atoms with Crippen LogP contribution in [0.1, 0.15) is 28.0 Å². The number of thioether (sulfide) groups is 1. The largest absolute Gasteiger partial charge is 0.348 e. The van der Waals surface area contributed by atoms with E-state index in [0.29, 0.717) is 18.7 Å². The van der Waals surface area contributed by atoms with Crippen LogP contribution in [0.4, 0.5) is 0 Å². The number of benzene rings is 2. The van der Waals surface area contributed by atoms with Gasteiger partial charge in [-0.2, -0.15) is 0 Å². The molecule has 1 amide bonds. The van der Waals surface area contributed by atoms with Crippen molar-refractivity contribution < 1.29 is 4.79 Å². The van der Waals surface area contributed by atoms with Gasteiger partial charge in [-0.25, -0.2) is 4.98 Å². The van der Waals surface area contributed by atoms with E-state index in [1.54, 1.807) is 30.2 Å². The summed E-state index contributed by atoms with van der Waals surface area (Å²) in [5, 5.41) is 11.2. The smallest absolute Gasteiger partial charge is 0.257 e. The molecule has 0 bridgehead atoms. The second-order valence-corrected chi connectivity index (χ2v) is 8.17. The van der Waals surface area contributed by atoms with Crippen molar-refractivity contribution in [2.24, 2.45) is 0 Å². The zero-order valence-electron chi connectivity index (χ0n) is 17.1. The molecule has 7 heteroatoms. The number of carbonyl (C=O) groups excluding carboxylic acids is 1. The number of H-pyrrole nitrogens is 1. The first kappa shape index (κ1) is 21.6. The van der Waals surface area contributed by atoms with Gasteiger partial charge < -0.3 is 9.88 Å². The first-order chi connectivity index (χ1) is 14.6. The maximum absolute atomic E-state index is 12.5. The van der Waals surface area contributed by atoms with E-state index >= 15 is 0 Å². The number of hydrogen-bond acceptors (Lipinski definition) is 4. The number of nitrogens with zero attached hydrogens (tertiary/aromatic N) is 2. The summed E-state index contributed by atoms with van der Waals surface area (Å²) in [6.07, 6.45) is 5.20. The van der Waals surface area contributed by atoms with Crippen LogP contribution < -0.4 is 5.32 Å². The highest BCUT2D eigenvalue weighted by Crippen LogP contribution is 2.18. The second-order valence-electron chi connectivity index (χ2n) is 7.00. The van der Waals surface area contributed by atoms with Crippen LogP contribution in [-0.2, 0) is 6.42 Å². The van der Waals surface area contributed by atoms with E-state index in [1.165, 1.54) is 10.5 Å². The van der Waals surface area contributed by atoms with Crippen LogP contribution in [0, 0.1) is 12.3 Å². The lowest BCUT2D eigenvalue weighted by Crippen LogP contribution is -2.45. The van der Waals surface area contributed by atoms with Crippen molar-refractivity contribution in [2.75, 3.05) is 18.8 Å². The minimum Gasteiger partial charge on any atom is -0.348 e. The number of guanidine groups is 1. The van der Waals surface area contributed by atoms with Crippen LogP contribution in [0.2, 0.25) is 0 Å². The third-order valence-corrected chi connectivity index (χ3v) is 5.66. The molecule has 0 saturated heterocycles. The Morgan fingerprint density at radius 3 is 2.60 bits per heavy atom. The van der Waals surface area contributed by atoms with Crippen LogP contribution in [0.25, 0.3) is 0 Å². The number of rotatable bonds is 9. The lowest BCUT2D eigenvalue weighted by atomic mass is 10.2. The van der Waals surface area contributed by atoms with Gasteiger partial charge in [-0.1, -0.05) is 35.9 Å². The first-order valence-electron chi connectivity index (χ1n) is 9.98. The fourth-order valence-corrected chi connectivity index (χ4v) is 3.85. The highest BCUT2D eigenvalue weighted by molar-refractivity contribution is 7.99. The van der Waals surface area contributed by atoms with Crippen LogP contribution in [-0.4, -0.2) is 45.6 Å². The quantitative estimate of drug-likeness (QED) is 0.276. The molecule has 0 atom stereocenters. The number of carbonyl (C=O) groups is 1. The lowest BCUT2D eigenvalue weighted by molar-refractivity contribution is 0.0972. The molecule has 0 spiro atoms. The van der Waals surface area contributed by atoms with E-state index < -0.39 is 0 Å². The molecule has 0 radical (unpaired) electrons. The SMILES string of the molecule is Cc1ccc(SCCN(CCCc2cnc[nH]2)C(=N)NC(=O)c2ccccc2)cc1. The van der Waals surface area contributed by atoms with Gasteiger partial charge in [0.2, 0.25) is 0 Å². The Morgan fingerprint density at radius 1 is 1.13 bits per heavy atom. The molecule has 1 heterocycles. The van der Waals surface area contributed by atoms with Crippen molar-refractivity contribution in [3.8, 4) is 0 Å². The van der Waals surface area contributed by atoms with E-state index in [2.05, 4.69) is 46.5 Å². The zero-order valence-corrected chi connectivity index (χ0v) is 17.9. The summed E-state index contributed by atoms with van der Waals surface area (Å²) >= 11 is 1.75. The summed E-state index contributed by atoms with van der Waals surface area (Å²) in [5.41, 5.74) is 2.86. The van der Waals surface area contributed by atoms with Crippen LogP contribution in [0.3, 0.4) is 0 Å². The fourth-order valence-electron chi connectivity index (χ4n) is 2.97. The molecule has 0 unspecified atom stereocenters. The van der Waals surface area contributed by atoms with Crippen LogP contribution >= 0.6 is 11.8 Å². The van der Waals surface area contributed by atoms with Gasteiger partial charge in [0, 0.05) is 41.2 Å². The van der Waals surface area contributed by atoms with E-state index in [-0.39, 0.29) is 11.9 Å². The predicted molar refractivity (Wildman–Crippen MR) is 122 cm³/mol. The van der Waals surface area contributed by atoms with Crippen molar-refractivity contribution in [1.82, 2.24) is 20.2 Å². The second kappa shape index (κ2) is 11.2. The summed E-state index contributed by atoms with van der Waals surface area (Å²) in [5.74, 6) is 0.708. The van der Waals surface area contributed by atoms with E-state index in [9.17, 15) is 4.79 Å². The van der Waals surface area contributed by atoms with Crippen molar-refractivity contribution in [1.29, 1.82) is 5.41 Å². The number of aromatic nitrogens is 2. The van der Waals surface area contributed by atoms with Gasteiger partial charge in [0.25, 0.3) is 5.91 Å². The number of hydrogen-bond donors (Lipinski definition) is 3. The number of nitrogens with one attached hydrogen (secondary N) is 3. The molecule has 156 valence electrons. The summed E-state index contributed by atoms with van der Waals surface area (Å²) < 4.78 is 0. The summed E-state index contributed by atoms with van der Waals surface area (Å²) in [4.78, 5) is 22.7. The summed E-state index contributed by atoms with van der Waals surface area (Å²) in [6, 6.07) is 17.4. The Labute approximate surface area is 181 Å². The van der Waals surface area contributed by atoms with Gasteiger partial charge in [-0.15, -0.1) is 11.8 Å². The molecular formula is C23H27N5OS. The Kier molecular flexibility index (Phi) is 8.09. The highest BCUT2D eigenvalue weighted by Gasteiger charge is 2.14. The van der Waals surface area contributed by atoms with E-state index in [4.69, 9.17) is 5.41 Å². The van der Waals surface area contributed by atoms with Crippen molar-refractivity contribution in [2.45, 2.75) is 24.7 Å². The molecule has 3 N–H and O–H groups in total. The van der Waals surface area contributed by atoms with Gasteiger partial charge in [0.15, 0.2) is 5.96 Å². The van der Waals surface area contributed by atoms with E-state index in [0.717, 1.165) is 24.3 Å². The van der Waals surface area contributed by atoms with Crippen LogP contribution in [0.5, 0.6) is 0 Å². The minimum absolute atomic E-state index is 0.137. The number of amides is 1. The third-order valence-electron chi connectivity index (χ3n) is 4.66. The number of aromatic amines is 1. The molecule has 0 saturated carbocycles. The first-order valence-corrected chi connectivity index (χ1v) is 11.0. The average molecular weight is 422 g/mol. The fraction of sp³-hybridized carbons (Fsp3) is 0.261. The monoisotopic (exact) mass is 421 g/mol. The third kappa shape index (κ3) is 6.77. The highest BCUT2D eigenvalue weighted by atomic mass is 32.2. The normalized spacial score (nSPS) is 10.6. The molecular weight excluding hydrogens is 394 g/mol. The van der Waals surface area contributed by atoms with Gasteiger partial charge in [0.1, 0.15) is 0 Å². The maximum Gasteiger partial charge on any atom is 0.257 e. The molecule has 3 rings (SSSR count). The Bertz CT molecular complexity index is 926. The molecule has 30 heavy (non-hydrogen) atoms. The number of aryl methyl sites for hydroxylation is 2.